The van der Waals surface area contributed by atoms with Gasteiger partial charge in [-0.3, -0.25) is 25.0 Å². The van der Waals surface area contributed by atoms with Crippen LogP contribution >= 0.6 is 0 Å². The van der Waals surface area contributed by atoms with E-state index in [2.05, 4.69) is 10.6 Å². The Morgan fingerprint density at radius 2 is 1.67 bits per heavy atom. The van der Waals surface area contributed by atoms with Crippen LogP contribution in [0.2, 0.25) is 0 Å². The molecule has 10 heteroatoms. The monoisotopic (exact) mass is 374 g/mol. The summed E-state index contributed by atoms with van der Waals surface area (Å²) in [6, 6.07) is 12.0. The van der Waals surface area contributed by atoms with E-state index < -0.39 is 9.85 Å². The molecule has 4 N–H and O–H groups in total. The molecule has 0 saturated heterocycles. The highest BCUT2D eigenvalue weighted by Gasteiger charge is 2.09. The number of nitrogens with one attached hydrogen (secondary N) is 2. The van der Waals surface area contributed by atoms with Crippen molar-refractivity contribution in [2.24, 2.45) is 0 Å². The fourth-order valence-electron chi connectivity index (χ4n) is 2.32. The van der Waals surface area contributed by atoms with Crippen molar-refractivity contribution in [3.63, 3.8) is 0 Å². The number of nitro benzene ring substituents is 2. The molecule has 0 aliphatic rings. The molecule has 2 aromatic carbocycles. The first-order chi connectivity index (χ1) is 13.0. The molecule has 2 aromatic rings. The molecule has 0 aromatic heterocycles. The van der Waals surface area contributed by atoms with Crippen LogP contribution in [0.5, 0.6) is 0 Å². The van der Waals surface area contributed by atoms with Crippen LogP contribution in [0.15, 0.2) is 48.5 Å². The quantitative estimate of drug-likeness (QED) is 0.327. The average molecular weight is 374 g/mol. The minimum absolute atomic E-state index is 0.0450. The predicted octanol–water partition coefficient (Wildman–Crippen LogP) is 1.51. The second-order valence-corrected chi connectivity index (χ2v) is 5.72. The largest absolute Gasteiger partial charge is 0.385 e. The van der Waals surface area contributed by atoms with E-state index in [1.165, 1.54) is 30.3 Å². The molecule has 0 radical (unpaired) electrons. The molecular weight excluding hydrogens is 354 g/mol. The number of carbonyl (C=O) groups is 1. The maximum absolute atomic E-state index is 11.9. The van der Waals surface area contributed by atoms with E-state index in [4.69, 9.17) is 0 Å². The van der Waals surface area contributed by atoms with E-state index in [1.54, 1.807) is 18.2 Å². The number of anilines is 2. The van der Waals surface area contributed by atoms with Gasteiger partial charge in [-0.25, -0.2) is 0 Å². The lowest BCUT2D eigenvalue weighted by Gasteiger charge is -2.06. The maximum Gasteiger partial charge on any atom is 0.279 e. The Bertz CT molecular complexity index is 810. The van der Waals surface area contributed by atoms with Gasteiger partial charge in [0.1, 0.15) is 0 Å². The third-order valence-electron chi connectivity index (χ3n) is 3.66. The minimum atomic E-state index is -0.514. The van der Waals surface area contributed by atoms with Gasteiger partial charge < -0.3 is 16.0 Å². The number of carbonyl (C=O) groups excluding carboxylic acids is 1. The van der Waals surface area contributed by atoms with Gasteiger partial charge in [0.25, 0.3) is 17.3 Å². The summed E-state index contributed by atoms with van der Waals surface area (Å²) in [5.74, 6) is -0.237. The smallest absolute Gasteiger partial charge is 0.279 e. The summed E-state index contributed by atoms with van der Waals surface area (Å²) in [4.78, 5) is 32.2. The molecule has 0 unspecified atom stereocenters. The lowest BCUT2D eigenvalue weighted by Crippen LogP contribution is -2.86. The average Bonchev–Trinajstić information content (AvgIpc) is 2.65. The number of rotatable bonds is 10. The van der Waals surface area contributed by atoms with Crippen LogP contribution < -0.4 is 16.0 Å². The second kappa shape index (κ2) is 9.82. The highest BCUT2D eigenvalue weighted by molar-refractivity contribution is 5.91. The number of nitro groups is 2. The Morgan fingerprint density at radius 1 is 0.963 bits per heavy atom. The van der Waals surface area contributed by atoms with Crippen molar-refractivity contribution in [1.82, 2.24) is 0 Å². The highest BCUT2D eigenvalue weighted by atomic mass is 16.6. The lowest BCUT2D eigenvalue weighted by molar-refractivity contribution is -0.643. The first-order valence-corrected chi connectivity index (χ1v) is 8.30. The predicted molar refractivity (Wildman–Crippen MR) is 99.6 cm³/mol. The molecule has 0 aliphatic heterocycles. The van der Waals surface area contributed by atoms with E-state index >= 15 is 0 Å². The van der Waals surface area contributed by atoms with E-state index in [0.717, 1.165) is 12.1 Å². The van der Waals surface area contributed by atoms with Crippen LogP contribution in [0.25, 0.3) is 0 Å². The molecule has 0 saturated carbocycles. The first kappa shape index (κ1) is 19.8. The minimum Gasteiger partial charge on any atom is -0.385 e. The van der Waals surface area contributed by atoms with Gasteiger partial charge >= 0.3 is 0 Å². The third kappa shape index (κ3) is 6.71. The molecule has 0 heterocycles. The standard InChI is InChI=1S/C17H19N5O5/c23-17(20-14-3-1-4-16(11-14)22(26)27)12-18-9-2-10-19-13-5-7-15(8-6-13)21(24)25/h1,3-8,11,18-19H,2,9-10,12H2,(H,20,23)/p+1. The molecule has 1 amide bonds. The lowest BCUT2D eigenvalue weighted by atomic mass is 10.2. The van der Waals surface area contributed by atoms with Crippen LogP contribution in [0.3, 0.4) is 0 Å². The van der Waals surface area contributed by atoms with Crippen molar-refractivity contribution in [3.8, 4) is 0 Å². The van der Waals surface area contributed by atoms with Crippen molar-refractivity contribution in [2.45, 2.75) is 6.42 Å². The molecule has 0 spiro atoms. The third-order valence-corrected chi connectivity index (χ3v) is 3.66. The van der Waals surface area contributed by atoms with Gasteiger partial charge in [-0.15, -0.1) is 0 Å². The maximum atomic E-state index is 11.9. The number of benzene rings is 2. The van der Waals surface area contributed by atoms with E-state index in [9.17, 15) is 25.0 Å². The number of non-ortho nitro benzene ring substituents is 2. The van der Waals surface area contributed by atoms with Crippen LogP contribution in [0, 0.1) is 20.2 Å². The van der Waals surface area contributed by atoms with Crippen LogP contribution in [0.4, 0.5) is 22.7 Å². The van der Waals surface area contributed by atoms with E-state index in [1.807, 2.05) is 5.32 Å². The van der Waals surface area contributed by atoms with Gasteiger partial charge in [-0.2, -0.15) is 0 Å². The van der Waals surface area contributed by atoms with Crippen molar-refractivity contribution < 1.29 is 20.0 Å². The van der Waals surface area contributed by atoms with Crippen molar-refractivity contribution >= 4 is 28.7 Å². The summed E-state index contributed by atoms with van der Waals surface area (Å²) in [5.41, 5.74) is 1.16. The first-order valence-electron chi connectivity index (χ1n) is 8.30. The molecule has 27 heavy (non-hydrogen) atoms. The molecule has 0 aliphatic carbocycles. The Hall–Kier alpha value is -3.53. The normalized spacial score (nSPS) is 10.2. The van der Waals surface area contributed by atoms with Crippen molar-refractivity contribution in [3.05, 3.63) is 68.8 Å². The SMILES string of the molecule is O=C(C[NH2+]CCCNc1ccc([N+](=O)[O-])cc1)Nc1cccc([N+](=O)[O-])c1. The molecule has 0 fully saturated rings. The zero-order chi connectivity index (χ0) is 19.6. The number of quaternary nitrogens is 1. The number of hydrogen-bond donors (Lipinski definition) is 3. The number of nitrogens with zero attached hydrogens (tertiary/aromatic N) is 2. The summed E-state index contributed by atoms with van der Waals surface area (Å²) >= 11 is 0. The van der Waals surface area contributed by atoms with Gasteiger partial charge in [0.2, 0.25) is 0 Å². The molecule has 10 nitrogen and oxygen atoms in total. The highest BCUT2D eigenvalue weighted by Crippen LogP contribution is 2.17. The fourth-order valence-corrected chi connectivity index (χ4v) is 2.32. The van der Waals surface area contributed by atoms with E-state index in [0.29, 0.717) is 18.8 Å². The molecule has 0 atom stereocenters. The fraction of sp³-hybridized carbons (Fsp3) is 0.235. The van der Waals surface area contributed by atoms with Crippen LogP contribution in [0.1, 0.15) is 6.42 Å². The summed E-state index contributed by atoms with van der Waals surface area (Å²) in [6.45, 7) is 1.59. The van der Waals surface area contributed by atoms with Gasteiger partial charge in [0.05, 0.1) is 16.4 Å². The van der Waals surface area contributed by atoms with Crippen LogP contribution in [-0.4, -0.2) is 35.4 Å². The number of nitrogens with two attached hydrogens (primary N) is 1. The summed E-state index contributed by atoms with van der Waals surface area (Å²) in [7, 11) is 0. The van der Waals surface area contributed by atoms with Crippen LogP contribution in [-0.2, 0) is 4.79 Å². The molecule has 142 valence electrons. The van der Waals surface area contributed by atoms with Gasteiger partial charge in [0, 0.05) is 48.6 Å². The molecule has 0 bridgehead atoms. The van der Waals surface area contributed by atoms with Gasteiger partial charge in [-0.1, -0.05) is 6.07 Å². The number of hydrogen-bond acceptors (Lipinski definition) is 6. The van der Waals surface area contributed by atoms with Crippen molar-refractivity contribution in [1.29, 1.82) is 0 Å². The summed E-state index contributed by atoms with van der Waals surface area (Å²) in [5, 5.41) is 28.9. The Morgan fingerprint density at radius 3 is 2.33 bits per heavy atom. The topological polar surface area (TPSA) is 144 Å². The van der Waals surface area contributed by atoms with E-state index in [-0.39, 0.29) is 23.8 Å². The van der Waals surface area contributed by atoms with Crippen molar-refractivity contribution in [2.75, 3.05) is 30.3 Å². The number of amides is 1. The summed E-state index contributed by atoms with van der Waals surface area (Å²) < 4.78 is 0. The second-order valence-electron chi connectivity index (χ2n) is 5.72. The van der Waals surface area contributed by atoms with Gasteiger partial charge in [-0.05, 0) is 18.2 Å². The zero-order valence-corrected chi connectivity index (χ0v) is 14.5. The molecule has 2 rings (SSSR count). The Balaban J connectivity index is 1.62. The zero-order valence-electron chi connectivity index (χ0n) is 14.5. The summed E-state index contributed by atoms with van der Waals surface area (Å²) in [6.07, 6.45) is 0.793. The van der Waals surface area contributed by atoms with Gasteiger partial charge in [0.15, 0.2) is 6.54 Å². The Kier molecular flexibility index (Phi) is 7.20. The Labute approximate surface area is 154 Å². The molecular formula is C17H20N5O5+.